The summed E-state index contributed by atoms with van der Waals surface area (Å²) < 4.78 is 60.4. The van der Waals surface area contributed by atoms with E-state index >= 15 is 0 Å². The summed E-state index contributed by atoms with van der Waals surface area (Å²) in [5.41, 5.74) is 4.00. The van der Waals surface area contributed by atoms with E-state index in [4.69, 9.17) is 56.9 Å². The van der Waals surface area contributed by atoms with Gasteiger partial charge in [-0.25, -0.2) is 47.5 Å². The Hall–Kier alpha value is -6.17. The number of pyridine rings is 1. The third-order valence-electron chi connectivity index (χ3n) is 15.5. The number of amides is 2. The summed E-state index contributed by atoms with van der Waals surface area (Å²) >= 11 is 23.0. The summed E-state index contributed by atoms with van der Waals surface area (Å²) in [4.78, 5) is 60.0. The van der Waals surface area contributed by atoms with E-state index in [1.165, 1.54) is 20.0 Å². The lowest BCUT2D eigenvalue weighted by Crippen LogP contribution is -2.48. The molecule has 86 heavy (non-hydrogen) atoms. The molecule has 6 aromatic rings. The van der Waals surface area contributed by atoms with E-state index in [2.05, 4.69) is 81.7 Å². The summed E-state index contributed by atoms with van der Waals surface area (Å²) in [5, 5.41) is 50.0. The molecule has 4 aliphatic carbocycles. The number of nitrogens with one attached hydrogen (secondary N) is 7. The van der Waals surface area contributed by atoms with Crippen molar-refractivity contribution in [3.05, 3.63) is 87.4 Å². The van der Waals surface area contributed by atoms with Crippen LogP contribution < -0.4 is 37.6 Å². The molecule has 31 heteroatoms. The fraction of sp³-hybridized carbons (Fsp3) is 0.545. The predicted octanol–water partition coefficient (Wildman–Crippen LogP) is 8.23. The number of H-pyrrole nitrogens is 1. The van der Waals surface area contributed by atoms with E-state index in [-0.39, 0.29) is 100 Å². The Kier molecular flexibility index (Phi) is 22.4. The van der Waals surface area contributed by atoms with Gasteiger partial charge in [0.25, 0.3) is 0 Å². The monoisotopic (exact) mass is 1280 g/mol. The number of nitrogens with zero attached hydrogens (tertiary/aromatic N) is 9. The first-order valence-electron chi connectivity index (χ1n) is 28.2. The number of ether oxygens (including phenoxy) is 1. The van der Waals surface area contributed by atoms with E-state index < -0.39 is 40.1 Å². The van der Waals surface area contributed by atoms with E-state index in [1.807, 2.05) is 0 Å². The molecule has 0 aromatic carbocycles. The van der Waals surface area contributed by atoms with Crippen molar-refractivity contribution in [3.63, 3.8) is 0 Å². The minimum Gasteiger partial charge on any atom is -0.388 e. The van der Waals surface area contributed by atoms with Crippen LogP contribution in [-0.2, 0) is 14.3 Å². The van der Waals surface area contributed by atoms with Crippen molar-refractivity contribution >= 4 is 92.5 Å². The molecule has 12 N–H and O–H groups in total. The van der Waals surface area contributed by atoms with Gasteiger partial charge in [-0.1, -0.05) is 11.6 Å². The van der Waals surface area contributed by atoms with Gasteiger partial charge in [-0.2, -0.15) is 15.0 Å². The fourth-order valence-corrected chi connectivity index (χ4v) is 11.7. The zero-order chi connectivity index (χ0) is 61.8. The first kappa shape index (κ1) is 65.8. The lowest BCUT2D eigenvalue weighted by Gasteiger charge is -2.37. The van der Waals surface area contributed by atoms with Gasteiger partial charge in [0.15, 0.2) is 52.4 Å². The van der Waals surface area contributed by atoms with Gasteiger partial charge in [0.1, 0.15) is 5.65 Å². The minimum absolute atomic E-state index is 0.0104. The first-order chi connectivity index (χ1) is 40.9. The van der Waals surface area contributed by atoms with Crippen LogP contribution in [-0.4, -0.2) is 150 Å². The van der Waals surface area contributed by atoms with Crippen molar-refractivity contribution in [1.29, 1.82) is 0 Å². The van der Waals surface area contributed by atoms with Gasteiger partial charge in [0.05, 0.1) is 58.8 Å². The molecule has 4 saturated carbocycles. The number of hydrogen-bond acceptors (Lipinski definition) is 20. The average Bonchev–Trinajstić information content (AvgIpc) is 1.98. The molecule has 5 aliphatic rings. The van der Waals surface area contributed by atoms with Gasteiger partial charge in [-0.3, -0.25) is 9.59 Å². The average molecular weight is 1280 g/mol. The maximum atomic E-state index is 14.4. The van der Waals surface area contributed by atoms with Gasteiger partial charge in [-0.15, -0.1) is 0 Å². The Labute approximate surface area is 513 Å². The van der Waals surface area contributed by atoms with Crippen LogP contribution in [0.15, 0.2) is 43.2 Å². The molecule has 5 fully saturated rings. The van der Waals surface area contributed by atoms with Crippen molar-refractivity contribution in [3.8, 4) is 11.4 Å². The highest BCUT2D eigenvalue weighted by Gasteiger charge is 2.48. The van der Waals surface area contributed by atoms with Crippen LogP contribution >= 0.6 is 46.4 Å². The van der Waals surface area contributed by atoms with Crippen molar-refractivity contribution in [1.82, 2.24) is 60.5 Å². The molecule has 2 amide bonds. The van der Waals surface area contributed by atoms with Crippen LogP contribution in [0.4, 0.5) is 40.8 Å². The summed E-state index contributed by atoms with van der Waals surface area (Å²) in [6, 6.07) is 1.56. The van der Waals surface area contributed by atoms with E-state index in [0.717, 1.165) is 101 Å². The van der Waals surface area contributed by atoms with Crippen LogP contribution in [0, 0.1) is 23.3 Å². The quantitative estimate of drug-likeness (QED) is 0.0278. The van der Waals surface area contributed by atoms with E-state index in [0.29, 0.717) is 60.6 Å². The predicted molar refractivity (Wildman–Crippen MR) is 317 cm³/mol. The third kappa shape index (κ3) is 18.9. The zero-order valence-corrected chi connectivity index (χ0v) is 50.2. The Bertz CT molecular complexity index is 3310. The number of anilines is 4. The number of epoxide rings is 1. The van der Waals surface area contributed by atoms with E-state index in [1.54, 1.807) is 12.3 Å². The summed E-state index contributed by atoms with van der Waals surface area (Å²) in [6.45, 7) is 4.21. The number of aromatic nitrogens is 10. The largest absolute Gasteiger partial charge is 0.388 e. The van der Waals surface area contributed by atoms with Crippen LogP contribution in [0.25, 0.3) is 22.4 Å². The van der Waals surface area contributed by atoms with Gasteiger partial charge < -0.3 is 62.7 Å². The molecule has 23 nitrogen and oxygen atoms in total. The number of aliphatic hydroxyl groups is 3. The van der Waals surface area contributed by atoms with Crippen molar-refractivity contribution < 1.29 is 47.2 Å². The lowest BCUT2D eigenvalue weighted by atomic mass is 9.81. The maximum Gasteiger partial charge on any atom is 0.224 e. The smallest absolute Gasteiger partial charge is 0.224 e. The zero-order valence-electron chi connectivity index (χ0n) is 47.2. The lowest BCUT2D eigenvalue weighted by molar-refractivity contribution is -0.121. The number of fused-ring (bicyclic) bond motifs is 1. The van der Waals surface area contributed by atoms with Crippen molar-refractivity contribution in [2.45, 2.75) is 163 Å². The number of carbonyl (C=O) groups is 2. The van der Waals surface area contributed by atoms with Crippen molar-refractivity contribution in [2.24, 2.45) is 5.73 Å². The molecule has 466 valence electrons. The Balaban J connectivity index is 0.000000153. The highest BCUT2D eigenvalue weighted by molar-refractivity contribution is 6.31. The summed E-state index contributed by atoms with van der Waals surface area (Å²) in [7, 11) is 0. The highest BCUT2D eigenvalue weighted by Crippen LogP contribution is 2.43. The molecule has 1 aliphatic heterocycles. The van der Waals surface area contributed by atoms with Gasteiger partial charge >= 0.3 is 0 Å². The van der Waals surface area contributed by atoms with Crippen LogP contribution in [0.2, 0.25) is 20.9 Å². The van der Waals surface area contributed by atoms with Crippen LogP contribution in [0.5, 0.6) is 0 Å². The molecule has 0 radical (unpaired) electrons. The second-order valence-electron chi connectivity index (χ2n) is 22.6. The molecular weight excluding hydrogens is 1210 g/mol. The SMILES string of the molecule is CC(=O)NC[C@]1(O)CCC[C@H](Nc2nc(-c3c[nH]c4ncc(Cl)cc34)ncc2F)C1.CC(=O)NC[C@]1(O)CCC[C@H](Nc2nc(Cl)ncc2F)C1.Fc1cnc(Cl)nc1N[C@H]1CCC[C@@]2(CO2)C1.NC[C@]1(O)CCC[C@H](Nc2nc(Cl)ncc2F)C1. The van der Waals surface area contributed by atoms with Crippen molar-refractivity contribution in [2.75, 3.05) is 47.5 Å². The second kappa shape index (κ2) is 29.2. The number of aromatic amines is 1. The second-order valence-corrected chi connectivity index (χ2v) is 24.0. The third-order valence-corrected chi connectivity index (χ3v) is 16.3. The molecule has 6 aromatic heterocycles. The molecule has 0 unspecified atom stereocenters. The summed E-state index contributed by atoms with van der Waals surface area (Å²) in [5.74, 6) is -1.88. The minimum atomic E-state index is -1.03. The Morgan fingerprint density at radius 1 is 0.593 bits per heavy atom. The van der Waals surface area contributed by atoms with Crippen LogP contribution in [0.3, 0.4) is 0 Å². The van der Waals surface area contributed by atoms with E-state index in [9.17, 15) is 42.5 Å². The molecular formula is C55H69Cl4F4N17O6. The molecule has 1 saturated heterocycles. The highest BCUT2D eigenvalue weighted by atomic mass is 35.5. The maximum absolute atomic E-state index is 14.4. The number of halogens is 8. The molecule has 7 heterocycles. The molecule has 11 rings (SSSR count). The number of carbonyl (C=O) groups excluding carboxylic acids is 2. The Morgan fingerprint density at radius 2 is 0.988 bits per heavy atom. The summed E-state index contributed by atoms with van der Waals surface area (Å²) in [6.07, 6.45) is 19.4. The van der Waals surface area contributed by atoms with Gasteiger partial charge in [0, 0.05) is 81.0 Å². The standard InChI is InChI=1S/C20H22ClFN6O2.C13H18ClFN4O2.C11H16ClFN4O.C11H13ClFN3O/c1-11(29)26-10-20(30)4-2-3-13(6-20)27-19-16(22)9-25-18(28-19)15-8-24-17-14(15)5-12(21)7-23-17;1-8(20)17-7-13(21)4-2-3-9(5-13)18-11-10(15)6-16-12(14)19-11;12-10-15-5-8(13)9(17-10)16-7-2-1-3-11(18,4-7)6-14;12-10-14-5-8(13)9(16-10)15-7-2-1-3-11(4-7)6-17-11/h5,7-9,13,30H,2-4,6,10H2,1H3,(H,23,24)(H,26,29)(H,25,27,28);6,9,21H,2-5,7H2,1H3,(H,17,20)(H,16,18,19);5,7,18H,1-4,6,14H2,(H,15,16,17);5,7H,1-4,6H2,(H,14,15,16)/t13-,20-;9-,13-;2*7-,11-/m0000/s1. The fourth-order valence-electron chi connectivity index (χ4n) is 11.2. The number of rotatable bonds is 14. The van der Waals surface area contributed by atoms with Gasteiger partial charge in [-0.05, 0) is 144 Å². The topological polar surface area (TPSA) is 337 Å². The first-order valence-corrected chi connectivity index (χ1v) is 29.7. The van der Waals surface area contributed by atoms with Crippen LogP contribution in [0.1, 0.15) is 117 Å². The normalized spacial score (nSPS) is 25.8. The Morgan fingerprint density at radius 3 is 1.42 bits per heavy atom. The molecule has 1 spiro atoms. The number of nitrogens with two attached hydrogens (primary N) is 1. The van der Waals surface area contributed by atoms with Gasteiger partial charge in [0.2, 0.25) is 27.7 Å². The number of hydrogen-bond donors (Lipinski definition) is 11. The molecule has 8 atom stereocenters. The molecule has 0 bridgehead atoms.